The molecule has 1 unspecified atom stereocenters. The molecule has 1 atom stereocenters. The van der Waals surface area contributed by atoms with E-state index in [0.717, 1.165) is 0 Å². The van der Waals surface area contributed by atoms with Crippen molar-refractivity contribution in [3.8, 4) is 0 Å². The summed E-state index contributed by atoms with van der Waals surface area (Å²) in [7, 11) is 0. The third-order valence-corrected chi connectivity index (χ3v) is 1.93. The Morgan fingerprint density at radius 2 is 1.84 bits per heavy atom. The summed E-state index contributed by atoms with van der Waals surface area (Å²) < 4.78 is 14.0. The Balaban J connectivity index is 4.44. The van der Waals surface area contributed by atoms with Crippen LogP contribution in [0.4, 0.5) is 4.79 Å². The van der Waals surface area contributed by atoms with Crippen molar-refractivity contribution in [2.75, 3.05) is 6.79 Å². The maximum Gasteiger partial charge on any atom is 0.408 e. The van der Waals surface area contributed by atoms with Gasteiger partial charge in [-0.1, -0.05) is 13.8 Å². The highest BCUT2D eigenvalue weighted by Crippen LogP contribution is 2.09. The van der Waals surface area contributed by atoms with E-state index >= 15 is 0 Å². The zero-order valence-electron chi connectivity index (χ0n) is 11.9. The number of carbonyl (C=O) groups excluding carboxylic acids is 3. The number of amides is 1. The van der Waals surface area contributed by atoms with E-state index in [1.54, 1.807) is 34.6 Å². The van der Waals surface area contributed by atoms with Crippen molar-refractivity contribution < 1.29 is 28.6 Å². The van der Waals surface area contributed by atoms with Gasteiger partial charge in [0.05, 0.1) is 0 Å². The highest BCUT2D eigenvalue weighted by atomic mass is 16.7. The van der Waals surface area contributed by atoms with Gasteiger partial charge in [-0.3, -0.25) is 4.79 Å². The van der Waals surface area contributed by atoms with Crippen molar-refractivity contribution in [3.05, 3.63) is 0 Å². The zero-order chi connectivity index (χ0) is 15.1. The average Bonchev–Trinajstić information content (AvgIpc) is 2.23. The topological polar surface area (TPSA) is 90.9 Å². The first-order chi connectivity index (χ1) is 8.67. The van der Waals surface area contributed by atoms with Crippen LogP contribution in [-0.4, -0.2) is 37.0 Å². The molecule has 0 rings (SSSR count). The van der Waals surface area contributed by atoms with E-state index in [1.165, 1.54) is 0 Å². The summed E-state index contributed by atoms with van der Waals surface area (Å²) in [5.41, 5.74) is -0.657. The maximum absolute atomic E-state index is 11.7. The number of hydrogen-bond donors (Lipinski definition) is 1. The van der Waals surface area contributed by atoms with Crippen LogP contribution in [0.25, 0.3) is 0 Å². The van der Waals surface area contributed by atoms with Crippen molar-refractivity contribution in [1.82, 2.24) is 5.32 Å². The minimum atomic E-state index is -0.870. The molecule has 0 radical (unpaired) electrons. The summed E-state index contributed by atoms with van der Waals surface area (Å²) in [5.74, 6) is -0.890. The Hall–Kier alpha value is -1.79. The lowest BCUT2D eigenvalue weighted by Gasteiger charge is -2.24. The third kappa shape index (κ3) is 8.01. The minimum absolute atomic E-state index is 0.166. The molecule has 0 aliphatic carbocycles. The lowest BCUT2D eigenvalue weighted by Crippen LogP contribution is -2.47. The molecular formula is C12H21NO6. The summed E-state index contributed by atoms with van der Waals surface area (Å²) >= 11 is 0. The molecule has 1 amide bonds. The van der Waals surface area contributed by atoms with Gasteiger partial charge in [0.25, 0.3) is 6.47 Å². The molecule has 0 saturated heterocycles. The molecule has 0 heterocycles. The molecule has 0 aromatic heterocycles. The van der Waals surface area contributed by atoms with Gasteiger partial charge in [0.15, 0.2) is 0 Å². The molecule has 7 nitrogen and oxygen atoms in total. The molecule has 0 aliphatic rings. The van der Waals surface area contributed by atoms with Crippen LogP contribution in [0.15, 0.2) is 0 Å². The molecule has 19 heavy (non-hydrogen) atoms. The van der Waals surface area contributed by atoms with E-state index in [1.807, 2.05) is 0 Å². The van der Waals surface area contributed by atoms with Gasteiger partial charge < -0.3 is 19.5 Å². The molecule has 0 aliphatic heterocycles. The van der Waals surface area contributed by atoms with Crippen molar-refractivity contribution in [2.24, 2.45) is 5.92 Å². The Bertz CT molecular complexity index is 321. The SMILES string of the molecule is CC(C)C(NC(=O)OC(C)(C)C)C(=O)OCOC=O. The third-order valence-electron chi connectivity index (χ3n) is 1.93. The van der Waals surface area contributed by atoms with Gasteiger partial charge in [0.2, 0.25) is 6.79 Å². The molecule has 1 N–H and O–H groups in total. The Labute approximate surface area is 112 Å². The summed E-state index contributed by atoms with van der Waals surface area (Å²) in [4.78, 5) is 33.2. The molecule has 7 heteroatoms. The number of alkyl carbamates (subject to hydrolysis) is 1. The predicted octanol–water partition coefficient (Wildman–Crippen LogP) is 1.21. The first kappa shape index (κ1) is 17.2. The summed E-state index contributed by atoms with van der Waals surface area (Å²) in [5, 5.41) is 2.42. The number of rotatable bonds is 6. The second-order valence-electron chi connectivity index (χ2n) is 5.21. The van der Waals surface area contributed by atoms with E-state index in [4.69, 9.17) is 4.74 Å². The van der Waals surface area contributed by atoms with Gasteiger partial charge in [-0.05, 0) is 26.7 Å². The van der Waals surface area contributed by atoms with E-state index in [2.05, 4.69) is 14.8 Å². The van der Waals surface area contributed by atoms with Gasteiger partial charge in [0.1, 0.15) is 11.6 Å². The Morgan fingerprint density at radius 3 is 2.26 bits per heavy atom. The minimum Gasteiger partial charge on any atom is -0.444 e. The van der Waals surface area contributed by atoms with Crippen molar-refractivity contribution in [1.29, 1.82) is 0 Å². The number of nitrogens with one attached hydrogen (secondary N) is 1. The van der Waals surface area contributed by atoms with Gasteiger partial charge in [-0.15, -0.1) is 0 Å². The Kier molecular flexibility index (Phi) is 6.89. The molecule has 0 fully saturated rings. The first-order valence-corrected chi connectivity index (χ1v) is 5.88. The standard InChI is InChI=1S/C12H21NO6/c1-8(2)9(10(15)18-7-17-6-14)13-11(16)19-12(3,4)5/h6,8-9H,7H2,1-5H3,(H,13,16). The lowest BCUT2D eigenvalue weighted by atomic mass is 10.1. The van der Waals surface area contributed by atoms with Crippen LogP contribution in [0.2, 0.25) is 0 Å². The quantitative estimate of drug-likeness (QED) is 0.339. The number of hydrogen-bond acceptors (Lipinski definition) is 6. The fourth-order valence-corrected chi connectivity index (χ4v) is 1.14. The van der Waals surface area contributed by atoms with E-state index in [9.17, 15) is 14.4 Å². The van der Waals surface area contributed by atoms with Gasteiger partial charge in [0, 0.05) is 0 Å². The van der Waals surface area contributed by atoms with Crippen molar-refractivity contribution >= 4 is 18.5 Å². The number of ether oxygens (including phenoxy) is 3. The van der Waals surface area contributed by atoms with E-state index < -0.39 is 30.5 Å². The highest BCUT2D eigenvalue weighted by molar-refractivity contribution is 5.81. The number of carbonyl (C=O) groups is 3. The second-order valence-corrected chi connectivity index (χ2v) is 5.21. The van der Waals surface area contributed by atoms with Crippen molar-refractivity contribution in [3.63, 3.8) is 0 Å². The highest BCUT2D eigenvalue weighted by Gasteiger charge is 2.28. The van der Waals surface area contributed by atoms with E-state index in [0.29, 0.717) is 0 Å². The average molecular weight is 275 g/mol. The molecule has 0 spiro atoms. The van der Waals surface area contributed by atoms with Gasteiger partial charge in [-0.2, -0.15) is 0 Å². The largest absolute Gasteiger partial charge is 0.444 e. The predicted molar refractivity (Wildman–Crippen MR) is 66.1 cm³/mol. The molecule has 0 saturated carbocycles. The molecule has 0 bridgehead atoms. The van der Waals surface area contributed by atoms with Crippen LogP contribution in [0, 0.1) is 5.92 Å². The smallest absolute Gasteiger partial charge is 0.408 e. The van der Waals surface area contributed by atoms with Crippen molar-refractivity contribution in [2.45, 2.75) is 46.3 Å². The van der Waals surface area contributed by atoms with E-state index in [-0.39, 0.29) is 12.4 Å². The zero-order valence-corrected chi connectivity index (χ0v) is 11.9. The normalized spacial score (nSPS) is 12.5. The summed E-state index contributed by atoms with van der Waals surface area (Å²) in [6.07, 6.45) is -0.709. The van der Waals surface area contributed by atoms with Gasteiger partial charge in [-0.25, -0.2) is 9.59 Å². The second kappa shape index (κ2) is 7.60. The van der Waals surface area contributed by atoms with Crippen LogP contribution < -0.4 is 5.32 Å². The monoisotopic (exact) mass is 275 g/mol. The lowest BCUT2D eigenvalue weighted by molar-refractivity contribution is -0.162. The maximum atomic E-state index is 11.7. The van der Waals surface area contributed by atoms with Crippen LogP contribution in [0.1, 0.15) is 34.6 Å². The fourth-order valence-electron chi connectivity index (χ4n) is 1.14. The summed E-state index contributed by atoms with van der Waals surface area (Å²) in [6.45, 7) is 8.31. The molecular weight excluding hydrogens is 254 g/mol. The van der Waals surface area contributed by atoms with Crippen LogP contribution in [0.3, 0.4) is 0 Å². The van der Waals surface area contributed by atoms with Gasteiger partial charge >= 0.3 is 12.1 Å². The molecule has 110 valence electrons. The summed E-state index contributed by atoms with van der Waals surface area (Å²) in [6, 6.07) is -0.870. The van der Waals surface area contributed by atoms with Crippen LogP contribution in [0.5, 0.6) is 0 Å². The fraction of sp³-hybridized carbons (Fsp3) is 0.750. The van der Waals surface area contributed by atoms with Crippen LogP contribution in [-0.2, 0) is 23.8 Å². The number of esters is 1. The molecule has 0 aromatic carbocycles. The Morgan fingerprint density at radius 1 is 1.26 bits per heavy atom. The van der Waals surface area contributed by atoms with Crippen LogP contribution >= 0.6 is 0 Å². The molecule has 0 aromatic rings. The first-order valence-electron chi connectivity index (χ1n) is 5.88.